The number of aliphatic carboxylic acids is 1. The Labute approximate surface area is 133 Å². The number of carbonyl (C=O) groups is 1. The van der Waals surface area contributed by atoms with Crippen LogP contribution >= 0.6 is 0 Å². The van der Waals surface area contributed by atoms with Crippen molar-refractivity contribution in [3.05, 3.63) is 59.7 Å². The quantitative estimate of drug-likeness (QED) is 0.396. The average molecular weight is 314 g/mol. The van der Waals surface area contributed by atoms with Gasteiger partial charge in [0.1, 0.15) is 0 Å². The van der Waals surface area contributed by atoms with Crippen molar-refractivity contribution in [3.63, 3.8) is 0 Å². The van der Waals surface area contributed by atoms with Crippen LogP contribution in [0.15, 0.2) is 53.6 Å². The van der Waals surface area contributed by atoms with Crippen LogP contribution in [0.4, 0.5) is 11.4 Å². The van der Waals surface area contributed by atoms with Crippen molar-refractivity contribution in [3.8, 4) is 0 Å². The van der Waals surface area contributed by atoms with Gasteiger partial charge in [-0.1, -0.05) is 24.3 Å². The van der Waals surface area contributed by atoms with Crippen LogP contribution in [0.2, 0.25) is 0 Å². The van der Waals surface area contributed by atoms with Gasteiger partial charge in [0.05, 0.1) is 6.21 Å². The highest BCUT2D eigenvalue weighted by Crippen LogP contribution is 2.22. The number of nitrogens with one attached hydrogen (secondary N) is 3. The first-order chi connectivity index (χ1) is 11.1. The summed E-state index contributed by atoms with van der Waals surface area (Å²) in [5, 5.41) is 27.4. The number of hydrogen-bond acceptors (Lipinski definition) is 6. The number of hydrazone groups is 1. The smallest absolute Gasteiger partial charge is 0.330 e. The van der Waals surface area contributed by atoms with Gasteiger partial charge in [0, 0.05) is 18.4 Å². The molecule has 0 spiro atoms. The van der Waals surface area contributed by atoms with E-state index >= 15 is 0 Å². The number of nitrogens with zero attached hydrogens (tertiary/aromatic N) is 1. The maximum Gasteiger partial charge on any atom is 0.330 e. The topological polar surface area (TPSA) is 106 Å². The minimum atomic E-state index is -0.964. The van der Waals surface area contributed by atoms with Crippen molar-refractivity contribution < 1.29 is 15.1 Å². The largest absolute Gasteiger partial charge is 0.479 e. The lowest BCUT2D eigenvalue weighted by Gasteiger charge is -2.17. The summed E-state index contributed by atoms with van der Waals surface area (Å²) in [6.07, 6.45) is 1.44. The van der Waals surface area contributed by atoms with E-state index in [1.54, 1.807) is 55.1 Å². The first kappa shape index (κ1) is 16.3. The minimum absolute atomic E-state index is 0.652. The van der Waals surface area contributed by atoms with E-state index in [0.29, 0.717) is 11.3 Å². The van der Waals surface area contributed by atoms with Gasteiger partial charge in [-0.15, -0.1) is 0 Å². The molecular weight excluding hydrogens is 296 g/mol. The molecule has 1 atom stereocenters. The van der Waals surface area contributed by atoms with E-state index in [2.05, 4.69) is 15.7 Å². The van der Waals surface area contributed by atoms with Gasteiger partial charge in [-0.05, 0) is 35.4 Å². The summed E-state index contributed by atoms with van der Waals surface area (Å²) in [7, 11) is 1.78. The molecule has 0 aliphatic heterocycles. The number of hydrogen-bond donors (Lipinski definition) is 5. The Kier molecular flexibility index (Phi) is 5.54. The van der Waals surface area contributed by atoms with Crippen LogP contribution in [-0.2, 0) is 4.79 Å². The highest BCUT2D eigenvalue weighted by Gasteiger charge is 2.19. The summed E-state index contributed by atoms with van der Waals surface area (Å²) < 4.78 is 0. The third-order valence-corrected chi connectivity index (χ3v) is 3.25. The predicted molar refractivity (Wildman–Crippen MR) is 88.9 cm³/mol. The zero-order chi connectivity index (χ0) is 16.7. The summed E-state index contributed by atoms with van der Waals surface area (Å²) in [6.45, 7) is 0. The molecule has 2 aromatic carbocycles. The van der Waals surface area contributed by atoms with Gasteiger partial charge >= 0.3 is 5.97 Å². The Hall–Kier alpha value is -3.06. The zero-order valence-electron chi connectivity index (χ0n) is 12.5. The van der Waals surface area contributed by atoms with E-state index < -0.39 is 12.0 Å². The van der Waals surface area contributed by atoms with E-state index in [1.807, 2.05) is 6.07 Å². The van der Waals surface area contributed by atoms with E-state index in [-0.39, 0.29) is 0 Å². The van der Waals surface area contributed by atoms with Crippen LogP contribution in [0.25, 0.3) is 0 Å². The molecule has 7 nitrogen and oxygen atoms in total. The van der Waals surface area contributed by atoms with Gasteiger partial charge in [-0.25, -0.2) is 4.79 Å². The molecule has 0 radical (unpaired) electrons. The van der Waals surface area contributed by atoms with Gasteiger partial charge in [0.15, 0.2) is 6.04 Å². The van der Waals surface area contributed by atoms with Crippen LogP contribution in [-0.4, -0.2) is 29.5 Å². The van der Waals surface area contributed by atoms with Gasteiger partial charge in [0.2, 0.25) is 0 Å². The molecule has 2 rings (SSSR count). The summed E-state index contributed by atoms with van der Waals surface area (Å²) in [6, 6.07) is 13.4. The van der Waals surface area contributed by atoms with Gasteiger partial charge in [-0.3, -0.25) is 5.21 Å². The molecule has 5 N–H and O–H groups in total. The Morgan fingerprint density at radius 2 is 1.91 bits per heavy atom. The maximum atomic E-state index is 11.6. The lowest BCUT2D eigenvalue weighted by molar-refractivity contribution is -0.138. The molecular formula is C16H18N4O3. The van der Waals surface area contributed by atoms with Crippen LogP contribution in [0, 0.1) is 0 Å². The summed E-state index contributed by atoms with van der Waals surface area (Å²) in [4.78, 5) is 11.6. The first-order valence-corrected chi connectivity index (χ1v) is 6.93. The third kappa shape index (κ3) is 4.45. The number of carboxylic acids is 1. The third-order valence-electron chi connectivity index (χ3n) is 3.25. The van der Waals surface area contributed by atoms with Crippen molar-refractivity contribution in [2.24, 2.45) is 5.10 Å². The van der Waals surface area contributed by atoms with Crippen LogP contribution < -0.4 is 16.2 Å². The molecule has 120 valence electrons. The molecule has 0 bridgehead atoms. The second-order valence-electron chi connectivity index (χ2n) is 4.77. The van der Waals surface area contributed by atoms with E-state index in [9.17, 15) is 9.90 Å². The summed E-state index contributed by atoms with van der Waals surface area (Å²) >= 11 is 0. The number of benzene rings is 2. The first-order valence-electron chi connectivity index (χ1n) is 6.93. The number of anilines is 2. The molecule has 0 aliphatic rings. The summed E-state index contributed by atoms with van der Waals surface area (Å²) in [5.41, 5.74) is 4.61. The van der Waals surface area contributed by atoms with Gasteiger partial charge in [0.25, 0.3) is 0 Å². The molecule has 0 saturated heterocycles. The van der Waals surface area contributed by atoms with E-state index in [0.717, 1.165) is 11.3 Å². The van der Waals surface area contributed by atoms with Crippen LogP contribution in [0.3, 0.4) is 0 Å². The molecule has 0 heterocycles. The summed E-state index contributed by atoms with van der Waals surface area (Å²) in [5.74, 6) is -0.964. The highest BCUT2D eigenvalue weighted by atomic mass is 16.5. The molecule has 1 unspecified atom stereocenters. The fraction of sp³-hybridized carbons (Fsp3) is 0.125. The van der Waals surface area contributed by atoms with Crippen molar-refractivity contribution in [2.45, 2.75) is 6.04 Å². The highest BCUT2D eigenvalue weighted by molar-refractivity contribution is 5.82. The van der Waals surface area contributed by atoms with E-state index in [4.69, 9.17) is 5.21 Å². The monoisotopic (exact) mass is 314 g/mol. The molecule has 23 heavy (non-hydrogen) atoms. The van der Waals surface area contributed by atoms with Gasteiger partial charge < -0.3 is 15.7 Å². The van der Waals surface area contributed by atoms with Crippen LogP contribution in [0.5, 0.6) is 0 Å². The van der Waals surface area contributed by atoms with Crippen LogP contribution in [0.1, 0.15) is 17.2 Å². The molecule has 7 heteroatoms. The Balaban J connectivity index is 2.19. The molecule has 2 aromatic rings. The lowest BCUT2D eigenvalue weighted by atomic mass is 10.1. The fourth-order valence-electron chi connectivity index (χ4n) is 2.10. The molecule has 0 aliphatic carbocycles. The predicted octanol–water partition coefficient (Wildman–Crippen LogP) is 2.28. The molecule has 0 amide bonds. The fourth-order valence-corrected chi connectivity index (χ4v) is 2.10. The van der Waals surface area contributed by atoms with Crippen molar-refractivity contribution in [1.29, 1.82) is 0 Å². The SMILES string of the molecule is CNc1cccc(C(Nc2ccc(/C=N\NO)cc2)C(=O)O)c1. The zero-order valence-corrected chi connectivity index (χ0v) is 12.5. The normalized spacial score (nSPS) is 11.9. The van der Waals surface area contributed by atoms with Crippen molar-refractivity contribution in [1.82, 2.24) is 5.59 Å². The second-order valence-corrected chi connectivity index (χ2v) is 4.77. The Bertz CT molecular complexity index is 686. The number of carboxylic acid groups (broad SMARTS) is 1. The Morgan fingerprint density at radius 1 is 1.17 bits per heavy atom. The molecule has 0 saturated carbocycles. The van der Waals surface area contributed by atoms with E-state index in [1.165, 1.54) is 6.21 Å². The molecule has 0 fully saturated rings. The van der Waals surface area contributed by atoms with Crippen molar-refractivity contribution >= 4 is 23.6 Å². The van der Waals surface area contributed by atoms with Crippen molar-refractivity contribution in [2.75, 3.05) is 17.7 Å². The molecule has 0 aromatic heterocycles. The maximum absolute atomic E-state index is 11.6. The average Bonchev–Trinajstić information content (AvgIpc) is 2.58. The number of rotatable bonds is 7. The second kappa shape index (κ2) is 7.81. The standard InChI is InChI=1S/C16H18N4O3/c1-17-14-4-2-3-12(9-14)15(16(21)22)19-13-7-5-11(6-8-13)10-18-20-23/h2-10,15,17,19-20,23H,1H3,(H,21,22)/b18-10-. The lowest BCUT2D eigenvalue weighted by Crippen LogP contribution is -2.20. The van der Waals surface area contributed by atoms with Gasteiger partial charge in [-0.2, -0.15) is 10.7 Å². The Morgan fingerprint density at radius 3 is 2.52 bits per heavy atom. The minimum Gasteiger partial charge on any atom is -0.479 e.